The molecule has 1 aliphatic heterocycles. The fraction of sp³-hybridized carbons (Fsp3) is 0.0455. The van der Waals surface area contributed by atoms with Gasteiger partial charge in [-0.3, -0.25) is 19.5 Å². The van der Waals surface area contributed by atoms with Crippen LogP contribution >= 0.6 is 0 Å². The number of benzene rings is 2. The van der Waals surface area contributed by atoms with Gasteiger partial charge in [0, 0.05) is 24.0 Å². The number of rotatable bonds is 3. The van der Waals surface area contributed by atoms with E-state index in [0.717, 1.165) is 23.1 Å². The Kier molecular flexibility index (Phi) is 4.64. The molecule has 1 unspecified atom stereocenters. The smallest absolute Gasteiger partial charge is 0.300 e. The average molecular weight is 392 g/mol. The number of carbonyl (C=O) groups excluding carboxylic acids is 2. The van der Waals surface area contributed by atoms with Crippen LogP contribution < -0.4 is 4.90 Å². The molecule has 0 spiro atoms. The van der Waals surface area contributed by atoms with E-state index in [1.165, 1.54) is 12.4 Å². The third-order valence-electron chi connectivity index (χ3n) is 4.66. The van der Waals surface area contributed by atoms with E-state index in [1.54, 1.807) is 42.5 Å². The van der Waals surface area contributed by atoms with Crippen molar-refractivity contribution in [2.75, 3.05) is 4.90 Å². The van der Waals surface area contributed by atoms with Gasteiger partial charge in [-0.05, 0) is 23.8 Å². The highest BCUT2D eigenvalue weighted by molar-refractivity contribution is 6.51. The number of carbonyl (C=O) groups is 2. The lowest BCUT2D eigenvalue weighted by atomic mass is 9.96. The Hall–Kier alpha value is -3.87. The number of nitrogens with zero attached hydrogens (tertiary/aromatic N) is 2. The fourth-order valence-electron chi connectivity index (χ4n) is 3.36. The molecule has 29 heavy (non-hydrogen) atoms. The zero-order valence-corrected chi connectivity index (χ0v) is 14.9. The highest BCUT2D eigenvalue weighted by Crippen LogP contribution is 2.42. The van der Waals surface area contributed by atoms with E-state index in [2.05, 4.69) is 4.98 Å². The van der Waals surface area contributed by atoms with Gasteiger partial charge in [0.05, 0.1) is 17.3 Å². The zero-order valence-electron chi connectivity index (χ0n) is 14.9. The van der Waals surface area contributed by atoms with Gasteiger partial charge in [0.1, 0.15) is 17.4 Å². The van der Waals surface area contributed by atoms with Gasteiger partial charge in [-0.2, -0.15) is 0 Å². The number of pyridine rings is 1. The predicted octanol–water partition coefficient (Wildman–Crippen LogP) is 3.99. The van der Waals surface area contributed by atoms with Crippen molar-refractivity contribution >= 4 is 23.1 Å². The molecule has 4 rings (SSSR count). The number of anilines is 1. The largest absolute Gasteiger partial charge is 0.507 e. The molecule has 1 amide bonds. The number of aliphatic hydroxyl groups excluding tert-OH is 1. The van der Waals surface area contributed by atoms with E-state index in [-0.39, 0.29) is 5.57 Å². The van der Waals surface area contributed by atoms with E-state index < -0.39 is 40.8 Å². The summed E-state index contributed by atoms with van der Waals surface area (Å²) in [6.45, 7) is 0. The molecular weight excluding hydrogens is 378 g/mol. The highest BCUT2D eigenvalue weighted by Gasteiger charge is 2.47. The molecule has 144 valence electrons. The second kappa shape index (κ2) is 7.27. The number of aromatic nitrogens is 1. The number of ketones is 1. The van der Waals surface area contributed by atoms with Gasteiger partial charge >= 0.3 is 0 Å². The van der Waals surface area contributed by atoms with E-state index in [4.69, 9.17) is 0 Å². The summed E-state index contributed by atoms with van der Waals surface area (Å²) < 4.78 is 28.3. The lowest BCUT2D eigenvalue weighted by molar-refractivity contribution is -0.132. The molecule has 0 aliphatic carbocycles. The predicted molar refractivity (Wildman–Crippen MR) is 102 cm³/mol. The molecule has 1 aromatic heterocycles. The molecule has 1 atom stereocenters. The van der Waals surface area contributed by atoms with E-state index in [0.29, 0.717) is 11.1 Å². The van der Waals surface area contributed by atoms with Gasteiger partial charge in [0.2, 0.25) is 0 Å². The lowest BCUT2D eigenvalue weighted by Crippen LogP contribution is -2.30. The van der Waals surface area contributed by atoms with Crippen LogP contribution in [0.5, 0.6) is 0 Å². The van der Waals surface area contributed by atoms with E-state index in [1.807, 2.05) is 0 Å². The van der Waals surface area contributed by atoms with Crippen molar-refractivity contribution < 1.29 is 23.5 Å². The fourth-order valence-corrected chi connectivity index (χ4v) is 3.36. The van der Waals surface area contributed by atoms with Crippen LogP contribution in [0.3, 0.4) is 0 Å². The molecule has 2 heterocycles. The zero-order chi connectivity index (χ0) is 20.5. The number of amides is 1. The molecule has 7 heteroatoms. The Bertz CT molecular complexity index is 1130. The van der Waals surface area contributed by atoms with Crippen molar-refractivity contribution in [3.05, 3.63) is 101 Å². The molecule has 1 saturated heterocycles. The van der Waals surface area contributed by atoms with Crippen molar-refractivity contribution in [3.63, 3.8) is 0 Å². The van der Waals surface area contributed by atoms with Gasteiger partial charge in [-0.15, -0.1) is 0 Å². The normalized spacial score (nSPS) is 18.3. The highest BCUT2D eigenvalue weighted by atomic mass is 19.1. The number of hydrogen-bond acceptors (Lipinski definition) is 4. The van der Waals surface area contributed by atoms with Crippen molar-refractivity contribution in [2.24, 2.45) is 0 Å². The Morgan fingerprint density at radius 2 is 1.76 bits per heavy atom. The first kappa shape index (κ1) is 18.5. The first-order chi connectivity index (χ1) is 14.0. The van der Waals surface area contributed by atoms with Crippen LogP contribution in [0.1, 0.15) is 17.2 Å². The van der Waals surface area contributed by atoms with Gasteiger partial charge < -0.3 is 5.11 Å². The summed E-state index contributed by atoms with van der Waals surface area (Å²) in [5, 5.41) is 10.8. The molecule has 1 fully saturated rings. The molecule has 1 aliphatic rings. The Labute approximate surface area is 164 Å². The first-order valence-electron chi connectivity index (χ1n) is 8.70. The van der Waals surface area contributed by atoms with Gasteiger partial charge in [0.15, 0.2) is 0 Å². The summed E-state index contributed by atoms with van der Waals surface area (Å²) in [7, 11) is 0. The number of Topliss-reactive ketones (excluding diaryl/α,β-unsaturated/α-hetero) is 1. The SMILES string of the molecule is O=C1C(=O)N(c2cc(F)ccc2F)C(c2cccnc2)/C1=C(\O)c1ccccc1. The minimum Gasteiger partial charge on any atom is -0.507 e. The van der Waals surface area contributed by atoms with Crippen LogP contribution in [0.25, 0.3) is 5.76 Å². The standard InChI is InChI=1S/C22H14F2N2O3/c23-15-8-9-16(24)17(11-15)26-19(14-7-4-10-25-12-14)18(21(28)22(26)29)20(27)13-5-2-1-3-6-13/h1-12,19,27H/b20-18+. The van der Waals surface area contributed by atoms with E-state index in [9.17, 15) is 23.5 Å². The van der Waals surface area contributed by atoms with Crippen molar-refractivity contribution in [1.82, 2.24) is 4.98 Å². The maximum atomic E-state index is 14.5. The second-order valence-corrected chi connectivity index (χ2v) is 6.42. The van der Waals surface area contributed by atoms with Crippen LogP contribution in [0.2, 0.25) is 0 Å². The molecule has 0 radical (unpaired) electrons. The molecule has 2 aromatic carbocycles. The van der Waals surface area contributed by atoms with Crippen LogP contribution in [0.4, 0.5) is 14.5 Å². The van der Waals surface area contributed by atoms with Crippen LogP contribution in [0, 0.1) is 11.6 Å². The van der Waals surface area contributed by atoms with Crippen LogP contribution in [0.15, 0.2) is 78.6 Å². The first-order valence-corrected chi connectivity index (χ1v) is 8.70. The molecular formula is C22H14F2N2O3. The summed E-state index contributed by atoms with van der Waals surface area (Å²) >= 11 is 0. The topological polar surface area (TPSA) is 70.5 Å². The van der Waals surface area contributed by atoms with Crippen molar-refractivity contribution in [1.29, 1.82) is 0 Å². The Morgan fingerprint density at radius 3 is 2.45 bits per heavy atom. The monoisotopic (exact) mass is 392 g/mol. The maximum absolute atomic E-state index is 14.5. The van der Waals surface area contributed by atoms with Crippen molar-refractivity contribution in [2.45, 2.75) is 6.04 Å². The average Bonchev–Trinajstić information content (AvgIpc) is 3.01. The minimum atomic E-state index is -1.17. The summed E-state index contributed by atoms with van der Waals surface area (Å²) in [6.07, 6.45) is 2.90. The van der Waals surface area contributed by atoms with Gasteiger partial charge in [-0.1, -0.05) is 36.4 Å². The molecule has 1 N–H and O–H groups in total. The molecule has 3 aromatic rings. The summed E-state index contributed by atoms with van der Waals surface area (Å²) in [5.74, 6) is -4.11. The molecule has 5 nitrogen and oxygen atoms in total. The Morgan fingerprint density at radius 1 is 1.00 bits per heavy atom. The number of halogens is 2. The third kappa shape index (κ3) is 3.16. The summed E-state index contributed by atoms with van der Waals surface area (Å²) in [5.41, 5.74) is 0.0675. The maximum Gasteiger partial charge on any atom is 0.300 e. The lowest BCUT2D eigenvalue weighted by Gasteiger charge is -2.25. The summed E-state index contributed by atoms with van der Waals surface area (Å²) in [4.78, 5) is 30.5. The van der Waals surface area contributed by atoms with Crippen LogP contribution in [-0.2, 0) is 9.59 Å². The summed E-state index contributed by atoms with van der Waals surface area (Å²) in [6, 6.07) is 12.8. The Balaban J connectivity index is 1.98. The van der Waals surface area contributed by atoms with Crippen molar-refractivity contribution in [3.8, 4) is 0 Å². The quantitative estimate of drug-likeness (QED) is 0.416. The molecule has 0 saturated carbocycles. The van der Waals surface area contributed by atoms with Gasteiger partial charge in [-0.25, -0.2) is 8.78 Å². The minimum absolute atomic E-state index is 0.224. The molecule has 0 bridgehead atoms. The second-order valence-electron chi connectivity index (χ2n) is 6.42. The van der Waals surface area contributed by atoms with Gasteiger partial charge in [0.25, 0.3) is 11.7 Å². The number of hydrogen-bond donors (Lipinski definition) is 1. The third-order valence-corrected chi connectivity index (χ3v) is 4.66. The van der Waals surface area contributed by atoms with E-state index >= 15 is 0 Å². The van der Waals surface area contributed by atoms with Crippen LogP contribution in [-0.4, -0.2) is 21.8 Å². The number of aliphatic hydroxyl groups is 1.